The molecule has 3 nitrogen and oxygen atoms in total. The van der Waals surface area contributed by atoms with Gasteiger partial charge in [0.15, 0.2) is 0 Å². The molecule has 2 atom stereocenters. The van der Waals surface area contributed by atoms with E-state index in [-0.39, 0.29) is 12.1 Å². The molecule has 0 spiro atoms. The molecule has 0 aromatic heterocycles. The van der Waals surface area contributed by atoms with E-state index in [9.17, 15) is 4.79 Å². The lowest BCUT2D eigenvalue weighted by atomic mass is 9.88. The van der Waals surface area contributed by atoms with Gasteiger partial charge in [-0.15, -0.1) is 0 Å². The minimum Gasteiger partial charge on any atom is -0.341 e. The highest BCUT2D eigenvalue weighted by Crippen LogP contribution is 2.20. The summed E-state index contributed by atoms with van der Waals surface area (Å²) in [7, 11) is 0. The molecule has 2 N–H and O–H groups in total. The van der Waals surface area contributed by atoms with Crippen LogP contribution in [0.2, 0.25) is 0 Å². The molecule has 1 saturated heterocycles. The molecule has 13 heavy (non-hydrogen) atoms. The van der Waals surface area contributed by atoms with Gasteiger partial charge in [0, 0.05) is 13.5 Å². The standard InChI is InChI=1S/C10H20N2O/c1-7(2)9-4-5-10(11-6-9)12-8(3)13/h7,9-11H,4-6H2,1-3H3,(H,12,13). The predicted molar refractivity (Wildman–Crippen MR) is 53.2 cm³/mol. The summed E-state index contributed by atoms with van der Waals surface area (Å²) in [5.74, 6) is 1.57. The van der Waals surface area contributed by atoms with Crippen molar-refractivity contribution >= 4 is 5.91 Å². The Morgan fingerprint density at radius 1 is 1.46 bits per heavy atom. The van der Waals surface area contributed by atoms with E-state index in [1.165, 1.54) is 6.42 Å². The second-order valence-corrected chi connectivity index (χ2v) is 4.24. The van der Waals surface area contributed by atoms with Crippen LogP contribution < -0.4 is 10.6 Å². The first-order valence-corrected chi connectivity index (χ1v) is 5.10. The van der Waals surface area contributed by atoms with Gasteiger partial charge in [0.05, 0.1) is 6.17 Å². The van der Waals surface area contributed by atoms with Crippen LogP contribution in [-0.4, -0.2) is 18.6 Å². The average Bonchev–Trinajstić information content (AvgIpc) is 2.04. The Kier molecular flexibility index (Phi) is 3.72. The van der Waals surface area contributed by atoms with Gasteiger partial charge in [0.25, 0.3) is 0 Å². The fourth-order valence-corrected chi connectivity index (χ4v) is 1.82. The van der Waals surface area contributed by atoms with Gasteiger partial charge >= 0.3 is 0 Å². The Labute approximate surface area is 80.3 Å². The van der Waals surface area contributed by atoms with Gasteiger partial charge < -0.3 is 5.32 Å². The van der Waals surface area contributed by atoms with Crippen LogP contribution in [0.25, 0.3) is 0 Å². The maximum absolute atomic E-state index is 10.8. The molecule has 76 valence electrons. The van der Waals surface area contributed by atoms with Crippen molar-refractivity contribution in [2.75, 3.05) is 6.54 Å². The summed E-state index contributed by atoms with van der Waals surface area (Å²) < 4.78 is 0. The van der Waals surface area contributed by atoms with E-state index in [1.54, 1.807) is 6.92 Å². The quantitative estimate of drug-likeness (QED) is 0.675. The van der Waals surface area contributed by atoms with Gasteiger partial charge in [-0.3, -0.25) is 10.1 Å². The number of carbonyl (C=O) groups is 1. The monoisotopic (exact) mass is 184 g/mol. The van der Waals surface area contributed by atoms with Crippen LogP contribution in [0, 0.1) is 11.8 Å². The first kappa shape index (κ1) is 10.5. The molecule has 0 aromatic carbocycles. The summed E-state index contributed by atoms with van der Waals surface area (Å²) >= 11 is 0. The molecule has 1 heterocycles. The second kappa shape index (κ2) is 4.61. The normalized spacial score (nSPS) is 28.9. The van der Waals surface area contributed by atoms with Gasteiger partial charge in [-0.1, -0.05) is 13.8 Å². The summed E-state index contributed by atoms with van der Waals surface area (Å²) in [5.41, 5.74) is 0. The Morgan fingerprint density at radius 3 is 2.54 bits per heavy atom. The van der Waals surface area contributed by atoms with Gasteiger partial charge in [-0.2, -0.15) is 0 Å². The minimum atomic E-state index is 0.0560. The smallest absolute Gasteiger partial charge is 0.218 e. The zero-order valence-electron chi connectivity index (χ0n) is 8.76. The molecular weight excluding hydrogens is 164 g/mol. The second-order valence-electron chi connectivity index (χ2n) is 4.24. The van der Waals surface area contributed by atoms with E-state index in [0.717, 1.165) is 24.8 Å². The molecule has 2 unspecified atom stereocenters. The summed E-state index contributed by atoms with van der Waals surface area (Å²) in [6.45, 7) is 7.11. The van der Waals surface area contributed by atoms with Crippen molar-refractivity contribution in [1.29, 1.82) is 0 Å². The maximum Gasteiger partial charge on any atom is 0.218 e. The van der Waals surface area contributed by atoms with Gasteiger partial charge in [-0.25, -0.2) is 0 Å². The van der Waals surface area contributed by atoms with Crippen LogP contribution in [0.15, 0.2) is 0 Å². The van der Waals surface area contributed by atoms with E-state index in [4.69, 9.17) is 0 Å². The van der Waals surface area contributed by atoms with Crippen LogP contribution in [0.1, 0.15) is 33.6 Å². The third-order valence-electron chi connectivity index (χ3n) is 2.77. The van der Waals surface area contributed by atoms with Crippen LogP contribution in [0.3, 0.4) is 0 Å². The zero-order chi connectivity index (χ0) is 9.84. The Bertz CT molecular complexity index is 172. The summed E-state index contributed by atoms with van der Waals surface area (Å²) in [6.07, 6.45) is 2.48. The molecule has 1 aliphatic rings. The number of amides is 1. The first-order chi connectivity index (χ1) is 6.09. The Balaban J connectivity index is 2.26. The van der Waals surface area contributed by atoms with Crippen LogP contribution >= 0.6 is 0 Å². The highest BCUT2D eigenvalue weighted by atomic mass is 16.1. The van der Waals surface area contributed by atoms with Crippen molar-refractivity contribution < 1.29 is 4.79 Å². The molecule has 1 amide bonds. The van der Waals surface area contributed by atoms with Crippen molar-refractivity contribution in [1.82, 2.24) is 10.6 Å². The van der Waals surface area contributed by atoms with Crippen molar-refractivity contribution in [2.24, 2.45) is 11.8 Å². The number of carbonyl (C=O) groups excluding carboxylic acids is 1. The lowest BCUT2D eigenvalue weighted by Gasteiger charge is -2.32. The highest BCUT2D eigenvalue weighted by Gasteiger charge is 2.22. The lowest BCUT2D eigenvalue weighted by molar-refractivity contribution is -0.120. The van der Waals surface area contributed by atoms with Crippen molar-refractivity contribution in [3.8, 4) is 0 Å². The average molecular weight is 184 g/mol. The summed E-state index contributed by atoms with van der Waals surface area (Å²) in [6, 6.07) is 0. The predicted octanol–water partition coefficient (Wildman–Crippen LogP) is 1.10. The first-order valence-electron chi connectivity index (χ1n) is 5.10. The third-order valence-corrected chi connectivity index (χ3v) is 2.77. The molecule has 1 aliphatic heterocycles. The van der Waals surface area contributed by atoms with Crippen LogP contribution in [0.5, 0.6) is 0 Å². The summed E-state index contributed by atoms with van der Waals surface area (Å²) in [5, 5.41) is 6.24. The minimum absolute atomic E-state index is 0.0560. The lowest BCUT2D eigenvalue weighted by Crippen LogP contribution is -2.50. The number of rotatable bonds is 2. The number of nitrogens with one attached hydrogen (secondary N) is 2. The SMILES string of the molecule is CC(=O)NC1CCC(C(C)C)CN1. The van der Waals surface area contributed by atoms with Gasteiger partial charge in [-0.05, 0) is 24.7 Å². The van der Waals surface area contributed by atoms with E-state index >= 15 is 0 Å². The number of hydrogen-bond acceptors (Lipinski definition) is 2. The molecule has 0 bridgehead atoms. The molecular formula is C10H20N2O. The number of hydrogen-bond donors (Lipinski definition) is 2. The fourth-order valence-electron chi connectivity index (χ4n) is 1.82. The van der Waals surface area contributed by atoms with Crippen molar-refractivity contribution in [2.45, 2.75) is 39.8 Å². The van der Waals surface area contributed by atoms with Crippen molar-refractivity contribution in [3.05, 3.63) is 0 Å². The summed E-state index contributed by atoms with van der Waals surface area (Å²) in [4.78, 5) is 10.8. The largest absolute Gasteiger partial charge is 0.341 e. The zero-order valence-corrected chi connectivity index (χ0v) is 8.76. The molecule has 0 saturated carbocycles. The highest BCUT2D eigenvalue weighted by molar-refractivity contribution is 5.73. The Morgan fingerprint density at radius 2 is 2.15 bits per heavy atom. The van der Waals surface area contributed by atoms with E-state index in [0.29, 0.717) is 0 Å². The van der Waals surface area contributed by atoms with E-state index < -0.39 is 0 Å². The molecule has 0 aliphatic carbocycles. The maximum atomic E-state index is 10.8. The van der Waals surface area contributed by atoms with Crippen LogP contribution in [-0.2, 0) is 4.79 Å². The topological polar surface area (TPSA) is 41.1 Å². The third kappa shape index (κ3) is 3.35. The van der Waals surface area contributed by atoms with Crippen molar-refractivity contribution in [3.63, 3.8) is 0 Å². The number of piperidine rings is 1. The molecule has 1 rings (SSSR count). The van der Waals surface area contributed by atoms with E-state index in [2.05, 4.69) is 24.5 Å². The molecule has 0 aromatic rings. The van der Waals surface area contributed by atoms with E-state index in [1.807, 2.05) is 0 Å². The molecule has 1 fully saturated rings. The van der Waals surface area contributed by atoms with Crippen LogP contribution in [0.4, 0.5) is 0 Å². The van der Waals surface area contributed by atoms with Gasteiger partial charge in [0.1, 0.15) is 0 Å². The fraction of sp³-hybridized carbons (Fsp3) is 0.900. The van der Waals surface area contributed by atoms with Gasteiger partial charge in [0.2, 0.25) is 5.91 Å². The Hall–Kier alpha value is -0.570. The molecule has 3 heteroatoms. The molecule has 0 radical (unpaired) electrons.